The Bertz CT molecular complexity index is 319. The molecule has 0 spiro atoms. The van der Waals surface area contributed by atoms with E-state index in [0.717, 1.165) is 13.1 Å². The van der Waals surface area contributed by atoms with E-state index in [1.807, 2.05) is 23.9 Å². The van der Waals surface area contributed by atoms with E-state index in [2.05, 4.69) is 11.6 Å². The lowest BCUT2D eigenvalue weighted by Crippen LogP contribution is -2.57. The van der Waals surface area contributed by atoms with Crippen molar-refractivity contribution in [2.45, 2.75) is 11.8 Å². The maximum Gasteiger partial charge on any atom is 0.123 e. The highest BCUT2D eigenvalue weighted by atomic mass is 32.2. The maximum atomic E-state index is 12.8. The topological polar surface area (TPSA) is 12.0 Å². The molecule has 1 nitrogen and oxygen atoms in total. The number of hydrogen-bond donors (Lipinski definition) is 1. The van der Waals surface area contributed by atoms with Gasteiger partial charge in [0, 0.05) is 18.5 Å². The molecule has 1 fully saturated rings. The van der Waals surface area contributed by atoms with Gasteiger partial charge in [0.25, 0.3) is 0 Å². The first-order chi connectivity index (χ1) is 7.27. The molecule has 0 bridgehead atoms. The molecule has 3 heteroatoms. The molecule has 1 aliphatic rings. The summed E-state index contributed by atoms with van der Waals surface area (Å²) >= 11 is 1.87. The molecular formula is C12H16FNS. The summed E-state index contributed by atoms with van der Waals surface area (Å²) in [7, 11) is 0. The summed E-state index contributed by atoms with van der Waals surface area (Å²) < 4.78 is 12.8. The lowest BCUT2D eigenvalue weighted by Gasteiger charge is -2.43. The molecule has 0 atom stereocenters. The van der Waals surface area contributed by atoms with Gasteiger partial charge in [-0.2, -0.15) is 11.8 Å². The Hall–Kier alpha value is -0.540. The first-order valence-electron chi connectivity index (χ1n) is 5.23. The number of halogens is 1. The van der Waals surface area contributed by atoms with Crippen molar-refractivity contribution in [3.63, 3.8) is 0 Å². The average Bonchev–Trinajstić information content (AvgIpc) is 2.19. The molecule has 15 heavy (non-hydrogen) atoms. The maximum absolute atomic E-state index is 12.8. The summed E-state index contributed by atoms with van der Waals surface area (Å²) in [5, 5.41) is 3.32. The fraction of sp³-hybridized carbons (Fsp3) is 0.500. The molecule has 1 aromatic carbocycles. The van der Waals surface area contributed by atoms with E-state index in [0.29, 0.717) is 0 Å². The molecule has 0 amide bonds. The predicted octanol–water partition coefficient (Wildman–Crippen LogP) is 2.42. The van der Waals surface area contributed by atoms with Crippen LogP contribution in [0.25, 0.3) is 0 Å². The highest BCUT2D eigenvalue weighted by Gasteiger charge is 2.37. The van der Waals surface area contributed by atoms with E-state index >= 15 is 0 Å². The van der Waals surface area contributed by atoms with Gasteiger partial charge in [0.05, 0.1) is 0 Å². The van der Waals surface area contributed by atoms with E-state index < -0.39 is 0 Å². The highest BCUT2D eigenvalue weighted by Crippen LogP contribution is 2.33. The van der Waals surface area contributed by atoms with Crippen molar-refractivity contribution in [2.75, 3.05) is 25.1 Å². The van der Waals surface area contributed by atoms with Gasteiger partial charge in [-0.1, -0.05) is 12.1 Å². The lowest BCUT2D eigenvalue weighted by molar-refractivity contribution is 0.269. The summed E-state index contributed by atoms with van der Waals surface area (Å²) in [6.07, 6.45) is 3.30. The summed E-state index contributed by atoms with van der Waals surface area (Å²) in [6.45, 7) is 2.05. The van der Waals surface area contributed by atoms with Gasteiger partial charge in [0.1, 0.15) is 5.82 Å². The zero-order chi connectivity index (χ0) is 10.7. The molecule has 2 rings (SSSR count). The number of hydrogen-bond acceptors (Lipinski definition) is 2. The normalized spacial score (nSPS) is 18.5. The van der Waals surface area contributed by atoms with Gasteiger partial charge in [0.15, 0.2) is 0 Å². The van der Waals surface area contributed by atoms with Crippen LogP contribution in [0.1, 0.15) is 12.0 Å². The van der Waals surface area contributed by atoms with Crippen LogP contribution < -0.4 is 5.32 Å². The zero-order valence-electron chi connectivity index (χ0n) is 8.92. The van der Waals surface area contributed by atoms with Crippen LogP contribution in [0.4, 0.5) is 4.39 Å². The molecule has 0 unspecified atom stereocenters. The molecule has 1 heterocycles. The second-order valence-corrected chi connectivity index (χ2v) is 5.12. The Morgan fingerprint density at radius 2 is 2.00 bits per heavy atom. The van der Waals surface area contributed by atoms with Crippen LogP contribution in [-0.2, 0) is 5.41 Å². The minimum atomic E-state index is -0.147. The molecule has 1 aliphatic heterocycles. The Balaban J connectivity index is 2.14. The summed E-state index contributed by atoms with van der Waals surface area (Å²) in [4.78, 5) is 0. The minimum absolute atomic E-state index is 0.147. The molecule has 0 aromatic heterocycles. The van der Waals surface area contributed by atoms with Crippen molar-refractivity contribution in [1.29, 1.82) is 0 Å². The summed E-state index contributed by atoms with van der Waals surface area (Å²) in [5.41, 5.74) is 1.54. The first kappa shape index (κ1) is 11.0. The second kappa shape index (κ2) is 4.54. The van der Waals surface area contributed by atoms with Crippen molar-refractivity contribution in [3.05, 3.63) is 35.6 Å². The van der Waals surface area contributed by atoms with Crippen LogP contribution in [0.15, 0.2) is 24.3 Å². The number of rotatable bonds is 4. The van der Waals surface area contributed by atoms with E-state index in [4.69, 9.17) is 0 Å². The third kappa shape index (κ3) is 2.18. The Labute approximate surface area is 94.5 Å². The zero-order valence-corrected chi connectivity index (χ0v) is 9.74. The van der Waals surface area contributed by atoms with Crippen molar-refractivity contribution in [2.24, 2.45) is 0 Å². The van der Waals surface area contributed by atoms with Crippen LogP contribution in [0.3, 0.4) is 0 Å². The lowest BCUT2D eigenvalue weighted by atomic mass is 9.73. The van der Waals surface area contributed by atoms with Crippen LogP contribution in [0, 0.1) is 5.82 Å². The number of thioether (sulfide) groups is 1. The van der Waals surface area contributed by atoms with Gasteiger partial charge in [-0.25, -0.2) is 4.39 Å². The van der Waals surface area contributed by atoms with Crippen LogP contribution >= 0.6 is 11.8 Å². The fourth-order valence-electron chi connectivity index (χ4n) is 2.05. The minimum Gasteiger partial charge on any atom is -0.315 e. The second-order valence-electron chi connectivity index (χ2n) is 4.13. The van der Waals surface area contributed by atoms with Gasteiger partial charge in [-0.15, -0.1) is 0 Å². The van der Waals surface area contributed by atoms with Crippen LogP contribution in [-0.4, -0.2) is 25.1 Å². The molecule has 0 radical (unpaired) electrons. The Morgan fingerprint density at radius 1 is 1.33 bits per heavy atom. The predicted molar refractivity (Wildman–Crippen MR) is 63.9 cm³/mol. The Kier molecular flexibility index (Phi) is 3.32. The van der Waals surface area contributed by atoms with Gasteiger partial charge < -0.3 is 5.32 Å². The van der Waals surface area contributed by atoms with Gasteiger partial charge in [-0.05, 0) is 36.1 Å². The molecule has 0 aliphatic carbocycles. The molecule has 1 aromatic rings. The highest BCUT2D eigenvalue weighted by molar-refractivity contribution is 7.98. The SMILES string of the molecule is CSCCC1(c2ccc(F)cc2)CNC1. The Morgan fingerprint density at radius 3 is 2.47 bits per heavy atom. The standard InChI is InChI=1S/C12H16FNS/c1-15-7-6-12(8-14-9-12)10-2-4-11(13)5-3-10/h2-5,14H,6-9H2,1H3. The molecular weight excluding hydrogens is 209 g/mol. The first-order valence-corrected chi connectivity index (χ1v) is 6.62. The van der Waals surface area contributed by atoms with E-state index in [1.54, 1.807) is 12.1 Å². The van der Waals surface area contributed by atoms with Crippen molar-refractivity contribution in [3.8, 4) is 0 Å². The smallest absolute Gasteiger partial charge is 0.123 e. The monoisotopic (exact) mass is 225 g/mol. The number of benzene rings is 1. The van der Waals surface area contributed by atoms with Crippen LogP contribution in [0.5, 0.6) is 0 Å². The van der Waals surface area contributed by atoms with Crippen molar-refractivity contribution >= 4 is 11.8 Å². The van der Waals surface area contributed by atoms with Gasteiger partial charge >= 0.3 is 0 Å². The van der Waals surface area contributed by atoms with Gasteiger partial charge in [0.2, 0.25) is 0 Å². The van der Waals surface area contributed by atoms with Gasteiger partial charge in [-0.3, -0.25) is 0 Å². The third-order valence-corrected chi connectivity index (χ3v) is 3.78. The quantitative estimate of drug-likeness (QED) is 0.844. The van der Waals surface area contributed by atoms with Crippen molar-refractivity contribution < 1.29 is 4.39 Å². The summed E-state index contributed by atoms with van der Waals surface area (Å²) in [5.74, 6) is 1.02. The average molecular weight is 225 g/mol. The van der Waals surface area contributed by atoms with Crippen molar-refractivity contribution in [1.82, 2.24) is 5.32 Å². The van der Waals surface area contributed by atoms with E-state index in [9.17, 15) is 4.39 Å². The summed E-state index contributed by atoms with van der Waals surface area (Å²) in [6, 6.07) is 6.98. The van der Waals surface area contributed by atoms with E-state index in [-0.39, 0.29) is 11.2 Å². The van der Waals surface area contributed by atoms with Crippen LogP contribution in [0.2, 0.25) is 0 Å². The number of nitrogens with one attached hydrogen (secondary N) is 1. The largest absolute Gasteiger partial charge is 0.315 e. The van der Waals surface area contributed by atoms with E-state index in [1.165, 1.54) is 17.7 Å². The fourth-order valence-corrected chi connectivity index (χ4v) is 2.65. The molecule has 1 saturated heterocycles. The third-order valence-electron chi connectivity index (χ3n) is 3.17. The molecule has 82 valence electrons. The molecule has 0 saturated carbocycles. The molecule has 1 N–H and O–H groups in total.